The first kappa shape index (κ1) is 24.7. The molecule has 3 heterocycles. The number of amides is 1. The average molecular weight is 484 g/mol. The highest BCUT2D eigenvalue weighted by atomic mass is 16.5. The van der Waals surface area contributed by atoms with Crippen molar-refractivity contribution in [1.29, 1.82) is 0 Å². The van der Waals surface area contributed by atoms with Crippen LogP contribution in [0.25, 0.3) is 0 Å². The fourth-order valence-corrected chi connectivity index (χ4v) is 4.05. The van der Waals surface area contributed by atoms with Crippen molar-refractivity contribution < 1.29 is 27.8 Å². The van der Waals surface area contributed by atoms with Crippen molar-refractivity contribution in [1.82, 2.24) is 4.90 Å². The second kappa shape index (κ2) is 12.3. The van der Waals surface area contributed by atoms with Crippen molar-refractivity contribution in [3.63, 3.8) is 0 Å². The standard InChI is InChI=1S/C26H33N3O6/c1-3-32-24-16-23(29-9-13-31-14-10-29)25(33-4-2)15-22(24)27-26(30)19-28(17-20-7-5-11-34-20)18-21-8-6-12-35-21/h5-8,11-12,15-16H,3-4,9-10,13-14,17-19H2,1-2H3,(H,27,30). The summed E-state index contributed by atoms with van der Waals surface area (Å²) >= 11 is 0. The maximum atomic E-state index is 13.2. The maximum Gasteiger partial charge on any atom is 0.238 e. The monoisotopic (exact) mass is 483 g/mol. The molecule has 1 aromatic carbocycles. The van der Waals surface area contributed by atoms with E-state index in [0.717, 1.165) is 30.3 Å². The van der Waals surface area contributed by atoms with Gasteiger partial charge in [0.05, 0.1) is 70.0 Å². The number of furan rings is 2. The molecule has 1 fully saturated rings. The van der Waals surface area contributed by atoms with E-state index < -0.39 is 0 Å². The summed E-state index contributed by atoms with van der Waals surface area (Å²) in [5.74, 6) is 2.68. The summed E-state index contributed by atoms with van der Waals surface area (Å²) in [7, 11) is 0. The minimum atomic E-state index is -0.175. The normalized spacial score (nSPS) is 13.7. The van der Waals surface area contributed by atoms with Gasteiger partial charge in [0.1, 0.15) is 23.0 Å². The number of nitrogens with one attached hydrogen (secondary N) is 1. The highest BCUT2D eigenvalue weighted by molar-refractivity contribution is 5.94. The maximum absolute atomic E-state index is 13.2. The number of carbonyl (C=O) groups is 1. The summed E-state index contributed by atoms with van der Waals surface area (Å²) < 4.78 is 28.3. The van der Waals surface area contributed by atoms with Crippen molar-refractivity contribution >= 4 is 17.3 Å². The molecule has 0 saturated carbocycles. The van der Waals surface area contributed by atoms with E-state index in [4.69, 9.17) is 23.0 Å². The fraction of sp³-hybridized carbons (Fsp3) is 0.423. The molecule has 1 aliphatic rings. The van der Waals surface area contributed by atoms with E-state index in [1.807, 2.05) is 55.1 Å². The Balaban J connectivity index is 1.53. The fourth-order valence-electron chi connectivity index (χ4n) is 4.05. The number of anilines is 2. The van der Waals surface area contributed by atoms with Gasteiger partial charge in [-0.2, -0.15) is 0 Å². The smallest absolute Gasteiger partial charge is 0.238 e. The molecule has 1 N–H and O–H groups in total. The van der Waals surface area contributed by atoms with E-state index in [2.05, 4.69) is 10.2 Å². The third-order valence-corrected chi connectivity index (χ3v) is 5.57. The summed E-state index contributed by atoms with van der Waals surface area (Å²) in [6.45, 7) is 8.80. The van der Waals surface area contributed by atoms with Crippen LogP contribution in [0.5, 0.6) is 11.5 Å². The topological polar surface area (TPSA) is 89.5 Å². The molecule has 9 heteroatoms. The summed E-state index contributed by atoms with van der Waals surface area (Å²) in [5, 5.41) is 3.02. The Morgan fingerprint density at radius 3 is 2.17 bits per heavy atom. The molecule has 0 atom stereocenters. The zero-order valence-electron chi connectivity index (χ0n) is 20.3. The number of hydrogen-bond acceptors (Lipinski definition) is 8. The van der Waals surface area contributed by atoms with E-state index in [1.54, 1.807) is 12.5 Å². The average Bonchev–Trinajstić information content (AvgIpc) is 3.56. The SMILES string of the molecule is CCOc1cc(N2CCOCC2)c(OCC)cc1NC(=O)CN(Cc1ccco1)Cc1ccco1. The van der Waals surface area contributed by atoms with Crippen LogP contribution in [0.15, 0.2) is 57.8 Å². The van der Waals surface area contributed by atoms with Crippen LogP contribution in [-0.2, 0) is 22.6 Å². The van der Waals surface area contributed by atoms with Gasteiger partial charge in [-0.15, -0.1) is 0 Å². The van der Waals surface area contributed by atoms with Crippen molar-refractivity contribution in [2.24, 2.45) is 0 Å². The van der Waals surface area contributed by atoms with E-state index in [9.17, 15) is 4.79 Å². The van der Waals surface area contributed by atoms with Gasteiger partial charge < -0.3 is 33.3 Å². The predicted octanol–water partition coefficient (Wildman–Crippen LogP) is 4.15. The van der Waals surface area contributed by atoms with Gasteiger partial charge in [-0.05, 0) is 38.1 Å². The first-order chi connectivity index (χ1) is 17.2. The summed E-state index contributed by atoms with van der Waals surface area (Å²) in [5.41, 5.74) is 1.52. The molecule has 9 nitrogen and oxygen atoms in total. The van der Waals surface area contributed by atoms with Crippen LogP contribution in [0.4, 0.5) is 11.4 Å². The Hall–Kier alpha value is -3.43. The second-order valence-electron chi connectivity index (χ2n) is 8.13. The van der Waals surface area contributed by atoms with E-state index >= 15 is 0 Å². The Morgan fingerprint density at radius 2 is 1.60 bits per heavy atom. The molecule has 0 radical (unpaired) electrons. The van der Waals surface area contributed by atoms with Gasteiger partial charge >= 0.3 is 0 Å². The van der Waals surface area contributed by atoms with Crippen molar-refractivity contribution in [2.75, 3.05) is 56.3 Å². The number of morpholine rings is 1. The van der Waals surface area contributed by atoms with E-state index in [0.29, 0.717) is 56.7 Å². The molecule has 0 aliphatic carbocycles. The highest BCUT2D eigenvalue weighted by Crippen LogP contribution is 2.39. The molecule has 188 valence electrons. The molecule has 1 aliphatic heterocycles. The first-order valence-corrected chi connectivity index (χ1v) is 12.0. The van der Waals surface area contributed by atoms with Gasteiger partial charge in [0.2, 0.25) is 5.91 Å². The molecule has 1 amide bonds. The number of nitrogens with zero attached hydrogens (tertiary/aromatic N) is 2. The zero-order valence-corrected chi connectivity index (χ0v) is 20.3. The second-order valence-corrected chi connectivity index (χ2v) is 8.13. The minimum Gasteiger partial charge on any atom is -0.492 e. The van der Waals surface area contributed by atoms with Crippen LogP contribution in [0.3, 0.4) is 0 Å². The lowest BCUT2D eigenvalue weighted by atomic mass is 10.2. The van der Waals surface area contributed by atoms with Crippen LogP contribution < -0.4 is 19.7 Å². The first-order valence-electron chi connectivity index (χ1n) is 12.0. The molecule has 35 heavy (non-hydrogen) atoms. The van der Waals surface area contributed by atoms with Gasteiger partial charge in [0, 0.05) is 25.2 Å². The van der Waals surface area contributed by atoms with Crippen LogP contribution in [0.1, 0.15) is 25.4 Å². The van der Waals surface area contributed by atoms with Crippen molar-refractivity contribution in [2.45, 2.75) is 26.9 Å². The molecular weight excluding hydrogens is 450 g/mol. The van der Waals surface area contributed by atoms with Gasteiger partial charge in [-0.3, -0.25) is 9.69 Å². The number of carbonyl (C=O) groups excluding carboxylic acids is 1. The quantitative estimate of drug-likeness (QED) is 0.411. The molecule has 1 saturated heterocycles. The van der Waals surface area contributed by atoms with Crippen LogP contribution >= 0.6 is 0 Å². The Kier molecular flexibility index (Phi) is 8.69. The molecule has 0 bridgehead atoms. The highest BCUT2D eigenvalue weighted by Gasteiger charge is 2.21. The number of hydrogen-bond donors (Lipinski definition) is 1. The summed E-state index contributed by atoms with van der Waals surface area (Å²) in [6, 6.07) is 11.2. The van der Waals surface area contributed by atoms with Gasteiger partial charge in [-0.1, -0.05) is 0 Å². The summed E-state index contributed by atoms with van der Waals surface area (Å²) in [6.07, 6.45) is 3.25. The van der Waals surface area contributed by atoms with Crippen LogP contribution in [-0.4, -0.2) is 56.9 Å². The van der Waals surface area contributed by atoms with E-state index in [-0.39, 0.29) is 12.5 Å². The van der Waals surface area contributed by atoms with Crippen LogP contribution in [0.2, 0.25) is 0 Å². The van der Waals surface area contributed by atoms with Crippen molar-refractivity contribution in [3.8, 4) is 11.5 Å². The lowest BCUT2D eigenvalue weighted by Gasteiger charge is -2.31. The van der Waals surface area contributed by atoms with E-state index in [1.165, 1.54) is 0 Å². The number of rotatable bonds is 12. The lowest BCUT2D eigenvalue weighted by Crippen LogP contribution is -2.36. The third kappa shape index (κ3) is 6.80. The zero-order chi connectivity index (χ0) is 24.5. The Bertz CT molecular complexity index is 1010. The van der Waals surface area contributed by atoms with Gasteiger partial charge in [0.15, 0.2) is 0 Å². The van der Waals surface area contributed by atoms with Crippen LogP contribution in [0, 0.1) is 0 Å². The molecule has 0 unspecified atom stereocenters. The Morgan fingerprint density at radius 1 is 0.971 bits per heavy atom. The third-order valence-electron chi connectivity index (χ3n) is 5.57. The number of ether oxygens (including phenoxy) is 3. The van der Waals surface area contributed by atoms with Gasteiger partial charge in [-0.25, -0.2) is 0 Å². The molecular formula is C26H33N3O6. The number of benzene rings is 1. The molecule has 0 spiro atoms. The van der Waals surface area contributed by atoms with Gasteiger partial charge in [0.25, 0.3) is 0 Å². The molecule has 4 rings (SSSR count). The lowest BCUT2D eigenvalue weighted by molar-refractivity contribution is -0.117. The molecule has 2 aromatic heterocycles. The predicted molar refractivity (Wildman–Crippen MR) is 132 cm³/mol. The van der Waals surface area contributed by atoms with Crippen molar-refractivity contribution in [3.05, 3.63) is 60.4 Å². The largest absolute Gasteiger partial charge is 0.492 e. The minimum absolute atomic E-state index is 0.141. The Labute approximate surface area is 205 Å². The molecule has 3 aromatic rings. The summed E-state index contributed by atoms with van der Waals surface area (Å²) in [4.78, 5) is 17.3.